The second-order valence-electron chi connectivity index (χ2n) is 6.07. The van der Waals surface area contributed by atoms with Gasteiger partial charge in [-0.15, -0.1) is 0 Å². The predicted molar refractivity (Wildman–Crippen MR) is 101 cm³/mol. The number of alkyl halides is 3. The lowest BCUT2D eigenvalue weighted by molar-refractivity contribution is -0.137. The number of aromatic nitrogens is 3. The fourth-order valence-corrected chi connectivity index (χ4v) is 3.04. The molecule has 140 valence electrons. The average Bonchev–Trinajstić information content (AvgIpc) is 2.67. The summed E-state index contributed by atoms with van der Waals surface area (Å²) in [6.45, 7) is 0. The van der Waals surface area contributed by atoms with E-state index in [1.807, 2.05) is 0 Å². The lowest BCUT2D eigenvalue weighted by Gasteiger charge is -2.10. The molecule has 0 aliphatic heterocycles. The van der Waals surface area contributed by atoms with Gasteiger partial charge in [-0.3, -0.25) is 4.79 Å². The van der Waals surface area contributed by atoms with Crippen molar-refractivity contribution in [2.24, 2.45) is 0 Å². The molecule has 0 amide bonds. The average molecular weight is 402 g/mol. The Balaban J connectivity index is 1.74. The number of fused-ring (bicyclic) bond motifs is 1. The van der Waals surface area contributed by atoms with Gasteiger partial charge in [0.2, 0.25) is 0 Å². The van der Waals surface area contributed by atoms with Crippen LogP contribution < -0.4 is 5.56 Å². The van der Waals surface area contributed by atoms with Gasteiger partial charge >= 0.3 is 6.18 Å². The minimum absolute atomic E-state index is 0.103. The molecule has 0 saturated carbocycles. The zero-order valence-corrected chi connectivity index (χ0v) is 14.8. The zero-order chi connectivity index (χ0) is 19.9. The number of nitrogens with one attached hydrogen (secondary N) is 1. The number of H-pyrrole nitrogens is 1. The van der Waals surface area contributed by atoms with E-state index in [0.29, 0.717) is 27.9 Å². The van der Waals surface area contributed by atoms with Crippen LogP contribution in [0, 0.1) is 0 Å². The Morgan fingerprint density at radius 3 is 2.29 bits per heavy atom. The van der Waals surface area contributed by atoms with E-state index >= 15 is 0 Å². The molecule has 0 saturated heterocycles. The normalized spacial score (nSPS) is 11.7. The summed E-state index contributed by atoms with van der Waals surface area (Å²) in [6, 6.07) is 15.2. The quantitative estimate of drug-likeness (QED) is 0.462. The molecule has 4 aromatic rings. The van der Waals surface area contributed by atoms with Crippen molar-refractivity contribution < 1.29 is 13.2 Å². The van der Waals surface area contributed by atoms with Crippen LogP contribution in [0.2, 0.25) is 5.15 Å². The first-order chi connectivity index (χ1) is 13.3. The van der Waals surface area contributed by atoms with Crippen molar-refractivity contribution in [3.05, 3.63) is 81.7 Å². The van der Waals surface area contributed by atoms with Crippen LogP contribution in [0.3, 0.4) is 0 Å². The Bertz CT molecular complexity index is 1230. The summed E-state index contributed by atoms with van der Waals surface area (Å²) < 4.78 is 39.0. The SMILES string of the molecule is O=c1[nH]c(-c2ccc(-c3cc(C(F)(F)F)cc(Cl)n3)cc2)nc2ccccc12. The molecule has 2 heterocycles. The van der Waals surface area contributed by atoms with Gasteiger partial charge in [0.05, 0.1) is 22.2 Å². The third-order valence-electron chi connectivity index (χ3n) is 4.19. The van der Waals surface area contributed by atoms with Gasteiger partial charge in [0.15, 0.2) is 0 Å². The van der Waals surface area contributed by atoms with Gasteiger partial charge in [-0.25, -0.2) is 9.97 Å². The highest BCUT2D eigenvalue weighted by Crippen LogP contribution is 2.33. The van der Waals surface area contributed by atoms with Crippen LogP contribution in [0.15, 0.2) is 65.5 Å². The fraction of sp³-hybridized carbons (Fsp3) is 0.0500. The molecule has 0 aliphatic rings. The number of rotatable bonds is 2. The van der Waals surface area contributed by atoms with Gasteiger partial charge < -0.3 is 4.98 Å². The lowest BCUT2D eigenvalue weighted by atomic mass is 10.1. The van der Waals surface area contributed by atoms with Crippen LogP contribution in [0.1, 0.15) is 5.56 Å². The van der Waals surface area contributed by atoms with Crippen molar-refractivity contribution in [1.29, 1.82) is 0 Å². The number of pyridine rings is 1. The first kappa shape index (κ1) is 18.2. The van der Waals surface area contributed by atoms with Crippen LogP contribution in [-0.2, 0) is 6.18 Å². The Labute approximate surface area is 161 Å². The van der Waals surface area contributed by atoms with Crippen molar-refractivity contribution in [3.8, 4) is 22.6 Å². The van der Waals surface area contributed by atoms with E-state index in [9.17, 15) is 18.0 Å². The monoisotopic (exact) mass is 401 g/mol. The minimum atomic E-state index is -4.52. The summed E-state index contributed by atoms with van der Waals surface area (Å²) in [5.74, 6) is 0.366. The van der Waals surface area contributed by atoms with Gasteiger partial charge in [-0.1, -0.05) is 48.0 Å². The van der Waals surface area contributed by atoms with Crippen molar-refractivity contribution in [1.82, 2.24) is 15.0 Å². The Morgan fingerprint density at radius 1 is 0.893 bits per heavy atom. The van der Waals surface area contributed by atoms with E-state index in [2.05, 4.69) is 15.0 Å². The third kappa shape index (κ3) is 3.48. The molecule has 0 aliphatic carbocycles. The molecule has 2 aromatic heterocycles. The molecule has 0 fully saturated rings. The molecule has 4 rings (SSSR count). The summed E-state index contributed by atoms with van der Waals surface area (Å²) in [5, 5.41) is 0.236. The van der Waals surface area contributed by atoms with Gasteiger partial charge in [-0.2, -0.15) is 13.2 Å². The van der Waals surface area contributed by atoms with E-state index in [1.165, 1.54) is 0 Å². The molecular formula is C20H11ClF3N3O. The van der Waals surface area contributed by atoms with Gasteiger partial charge in [-0.05, 0) is 24.3 Å². The number of nitrogens with zero attached hydrogens (tertiary/aromatic N) is 2. The molecule has 28 heavy (non-hydrogen) atoms. The van der Waals surface area contributed by atoms with Crippen molar-refractivity contribution >= 4 is 22.5 Å². The van der Waals surface area contributed by atoms with Gasteiger partial charge in [0.1, 0.15) is 11.0 Å². The predicted octanol–water partition coefficient (Wildman–Crippen LogP) is 5.32. The van der Waals surface area contributed by atoms with Gasteiger partial charge in [0.25, 0.3) is 5.56 Å². The highest BCUT2D eigenvalue weighted by Gasteiger charge is 2.31. The Hall–Kier alpha value is -3.19. The molecule has 2 aromatic carbocycles. The molecule has 0 radical (unpaired) electrons. The molecule has 4 nitrogen and oxygen atoms in total. The summed E-state index contributed by atoms with van der Waals surface area (Å²) in [5.41, 5.74) is 0.593. The number of para-hydroxylation sites is 1. The second-order valence-corrected chi connectivity index (χ2v) is 6.46. The van der Waals surface area contributed by atoms with Crippen LogP contribution in [0.25, 0.3) is 33.5 Å². The van der Waals surface area contributed by atoms with Crippen LogP contribution in [0.5, 0.6) is 0 Å². The molecule has 0 bridgehead atoms. The summed E-state index contributed by atoms with van der Waals surface area (Å²) in [7, 11) is 0. The summed E-state index contributed by atoms with van der Waals surface area (Å²) >= 11 is 5.75. The maximum absolute atomic E-state index is 13.0. The molecule has 0 spiro atoms. The van der Waals surface area contributed by atoms with E-state index in [4.69, 9.17) is 11.6 Å². The standard InChI is InChI=1S/C20H11ClF3N3O/c21-17-10-13(20(22,23)24)9-16(25-17)11-5-7-12(8-6-11)18-26-15-4-2-1-3-14(15)19(28)27-18/h1-10H,(H,26,27,28). The maximum atomic E-state index is 13.0. The van der Waals surface area contributed by atoms with E-state index in [-0.39, 0.29) is 16.4 Å². The van der Waals surface area contributed by atoms with Crippen molar-refractivity contribution in [2.45, 2.75) is 6.18 Å². The molecule has 8 heteroatoms. The number of benzene rings is 2. The van der Waals surface area contributed by atoms with Crippen LogP contribution in [0.4, 0.5) is 13.2 Å². The minimum Gasteiger partial charge on any atom is -0.306 e. The summed E-state index contributed by atoms with van der Waals surface area (Å²) in [6.07, 6.45) is -4.52. The highest BCUT2D eigenvalue weighted by molar-refractivity contribution is 6.29. The highest BCUT2D eigenvalue weighted by atomic mass is 35.5. The molecule has 0 atom stereocenters. The zero-order valence-electron chi connectivity index (χ0n) is 14.1. The number of hydrogen-bond donors (Lipinski definition) is 1. The maximum Gasteiger partial charge on any atom is 0.416 e. The van der Waals surface area contributed by atoms with Crippen LogP contribution in [-0.4, -0.2) is 15.0 Å². The van der Waals surface area contributed by atoms with E-state index < -0.39 is 11.7 Å². The molecule has 0 unspecified atom stereocenters. The third-order valence-corrected chi connectivity index (χ3v) is 4.38. The van der Waals surface area contributed by atoms with E-state index in [0.717, 1.165) is 12.1 Å². The second kappa shape index (κ2) is 6.76. The smallest absolute Gasteiger partial charge is 0.306 e. The number of hydrogen-bond acceptors (Lipinski definition) is 3. The van der Waals surface area contributed by atoms with Gasteiger partial charge in [0, 0.05) is 11.1 Å². The number of aromatic amines is 1. The first-order valence-corrected chi connectivity index (χ1v) is 8.54. The van der Waals surface area contributed by atoms with Crippen molar-refractivity contribution in [3.63, 3.8) is 0 Å². The molecule has 1 N–H and O–H groups in total. The largest absolute Gasteiger partial charge is 0.416 e. The Morgan fingerprint density at radius 2 is 1.57 bits per heavy atom. The lowest BCUT2D eigenvalue weighted by Crippen LogP contribution is -2.09. The number of halogens is 4. The Kier molecular flexibility index (Phi) is 4.39. The first-order valence-electron chi connectivity index (χ1n) is 8.16. The van der Waals surface area contributed by atoms with Crippen molar-refractivity contribution in [2.75, 3.05) is 0 Å². The fourth-order valence-electron chi connectivity index (χ4n) is 2.83. The topological polar surface area (TPSA) is 58.6 Å². The van der Waals surface area contributed by atoms with E-state index in [1.54, 1.807) is 48.5 Å². The molecular weight excluding hydrogens is 391 g/mol. The summed E-state index contributed by atoms with van der Waals surface area (Å²) in [4.78, 5) is 23.3. The van der Waals surface area contributed by atoms with Crippen LogP contribution >= 0.6 is 11.6 Å².